The third kappa shape index (κ3) is 2.98. The average Bonchev–Trinajstić information content (AvgIpc) is 3.17. The van der Waals surface area contributed by atoms with Crippen LogP contribution < -0.4 is 0 Å². The standard InChI is InChI=1S/C22H37NO5/c1-23-10-15-13(5-6-16(24-2)22(15)26-4)20-19(25-3)8-12-7-17-18(28-11-27-17)9-14(12)21(20)23/h12-22H,5-11H2,1-4H3. The van der Waals surface area contributed by atoms with Gasteiger partial charge in [0.05, 0.1) is 30.5 Å². The van der Waals surface area contributed by atoms with Crippen molar-refractivity contribution in [1.29, 1.82) is 0 Å². The van der Waals surface area contributed by atoms with Gasteiger partial charge >= 0.3 is 0 Å². The van der Waals surface area contributed by atoms with Crippen molar-refractivity contribution in [2.45, 2.75) is 68.7 Å². The van der Waals surface area contributed by atoms with E-state index < -0.39 is 0 Å². The maximum absolute atomic E-state index is 6.17. The Balaban J connectivity index is 1.44. The number of hydrogen-bond donors (Lipinski definition) is 0. The van der Waals surface area contributed by atoms with E-state index >= 15 is 0 Å². The van der Waals surface area contributed by atoms with Gasteiger partial charge in [0, 0.05) is 45.8 Å². The highest BCUT2D eigenvalue weighted by molar-refractivity contribution is 5.09. The number of hydrogen-bond acceptors (Lipinski definition) is 6. The van der Waals surface area contributed by atoms with Crippen molar-refractivity contribution in [2.24, 2.45) is 29.6 Å². The van der Waals surface area contributed by atoms with Gasteiger partial charge in [-0.25, -0.2) is 0 Å². The van der Waals surface area contributed by atoms with Gasteiger partial charge < -0.3 is 28.6 Å². The number of methoxy groups -OCH3 is 3. The van der Waals surface area contributed by atoms with Gasteiger partial charge in [-0.15, -0.1) is 0 Å². The molecule has 2 aliphatic heterocycles. The molecule has 28 heavy (non-hydrogen) atoms. The van der Waals surface area contributed by atoms with E-state index in [1.54, 1.807) is 0 Å². The number of likely N-dealkylation sites (tertiary alicyclic amines) is 1. The molecule has 5 fully saturated rings. The summed E-state index contributed by atoms with van der Waals surface area (Å²) < 4.78 is 29.8. The minimum absolute atomic E-state index is 0.185. The number of ether oxygens (including phenoxy) is 5. The van der Waals surface area contributed by atoms with Crippen LogP contribution in [0.3, 0.4) is 0 Å². The Morgan fingerprint density at radius 1 is 0.786 bits per heavy atom. The first kappa shape index (κ1) is 19.7. The van der Waals surface area contributed by atoms with E-state index in [1.807, 2.05) is 21.3 Å². The molecule has 5 rings (SSSR count). The summed E-state index contributed by atoms with van der Waals surface area (Å²) in [5.41, 5.74) is 0. The lowest BCUT2D eigenvalue weighted by atomic mass is 9.54. The molecule has 0 amide bonds. The molecule has 0 spiro atoms. The Morgan fingerprint density at radius 2 is 1.54 bits per heavy atom. The van der Waals surface area contributed by atoms with Crippen molar-refractivity contribution in [3.8, 4) is 0 Å². The lowest BCUT2D eigenvalue weighted by Gasteiger charge is -2.61. The summed E-state index contributed by atoms with van der Waals surface area (Å²) in [6.45, 7) is 1.57. The lowest BCUT2D eigenvalue weighted by molar-refractivity contribution is -0.194. The van der Waals surface area contributed by atoms with Crippen LogP contribution in [0.5, 0.6) is 0 Å². The third-order valence-electron chi connectivity index (χ3n) is 8.92. The molecule has 3 aliphatic carbocycles. The van der Waals surface area contributed by atoms with E-state index in [4.69, 9.17) is 23.7 Å². The highest BCUT2D eigenvalue weighted by atomic mass is 16.7. The lowest BCUT2D eigenvalue weighted by Crippen LogP contribution is -2.67. The van der Waals surface area contributed by atoms with Crippen LogP contribution in [0.2, 0.25) is 0 Å². The fourth-order valence-electron chi connectivity index (χ4n) is 7.86. The van der Waals surface area contributed by atoms with Crippen LogP contribution in [-0.4, -0.2) is 83.2 Å². The molecule has 3 saturated carbocycles. The van der Waals surface area contributed by atoms with Gasteiger partial charge in [-0.3, -0.25) is 0 Å². The summed E-state index contributed by atoms with van der Waals surface area (Å²) in [4.78, 5) is 2.63. The minimum atomic E-state index is 0.185. The van der Waals surface area contributed by atoms with Crippen LogP contribution >= 0.6 is 0 Å². The Morgan fingerprint density at radius 3 is 2.25 bits per heavy atom. The zero-order valence-electron chi connectivity index (χ0n) is 17.8. The highest BCUT2D eigenvalue weighted by Crippen LogP contribution is 2.55. The average molecular weight is 396 g/mol. The number of rotatable bonds is 3. The summed E-state index contributed by atoms with van der Waals surface area (Å²) in [7, 11) is 7.93. The second-order valence-corrected chi connectivity index (χ2v) is 9.82. The van der Waals surface area contributed by atoms with Crippen LogP contribution in [-0.2, 0) is 23.7 Å². The molecule has 0 radical (unpaired) electrons. The molecule has 160 valence electrons. The second-order valence-electron chi connectivity index (χ2n) is 9.82. The zero-order valence-corrected chi connectivity index (χ0v) is 17.8. The van der Waals surface area contributed by atoms with Crippen molar-refractivity contribution in [2.75, 3.05) is 41.7 Å². The van der Waals surface area contributed by atoms with E-state index in [-0.39, 0.29) is 12.2 Å². The molecule has 0 bridgehead atoms. The fraction of sp³-hybridized carbons (Fsp3) is 1.00. The summed E-state index contributed by atoms with van der Waals surface area (Å²) in [5, 5.41) is 0. The van der Waals surface area contributed by atoms with Gasteiger partial charge in [-0.1, -0.05) is 0 Å². The third-order valence-corrected chi connectivity index (χ3v) is 8.92. The number of nitrogens with zero attached hydrogens (tertiary/aromatic N) is 1. The Kier molecular flexibility index (Phi) is 5.48. The van der Waals surface area contributed by atoms with Gasteiger partial charge in [0.25, 0.3) is 0 Å². The molecular formula is C22H37NO5. The van der Waals surface area contributed by atoms with Gasteiger partial charge in [0.1, 0.15) is 6.79 Å². The molecule has 0 aromatic rings. The molecular weight excluding hydrogens is 358 g/mol. The van der Waals surface area contributed by atoms with Crippen LogP contribution in [0.15, 0.2) is 0 Å². The van der Waals surface area contributed by atoms with E-state index in [9.17, 15) is 0 Å². The molecule has 6 heteroatoms. The molecule has 2 heterocycles. The molecule has 2 saturated heterocycles. The van der Waals surface area contributed by atoms with Gasteiger partial charge in [-0.2, -0.15) is 0 Å². The van der Waals surface area contributed by atoms with Crippen molar-refractivity contribution >= 4 is 0 Å². The predicted octanol–water partition coefficient (Wildman–Crippen LogP) is 2.16. The number of fused-ring (bicyclic) bond motifs is 6. The normalized spacial score (nSPS) is 53.8. The molecule has 6 nitrogen and oxygen atoms in total. The van der Waals surface area contributed by atoms with E-state index in [2.05, 4.69) is 11.9 Å². The second kappa shape index (κ2) is 7.78. The Bertz CT molecular complexity index is 561. The van der Waals surface area contributed by atoms with Crippen LogP contribution in [0.4, 0.5) is 0 Å². The van der Waals surface area contributed by atoms with Crippen molar-refractivity contribution in [1.82, 2.24) is 4.90 Å². The molecule has 0 aromatic heterocycles. The smallest absolute Gasteiger partial charge is 0.147 e. The molecule has 5 aliphatic rings. The van der Waals surface area contributed by atoms with Crippen LogP contribution in [0.25, 0.3) is 0 Å². The maximum Gasteiger partial charge on any atom is 0.147 e. The van der Waals surface area contributed by atoms with Gasteiger partial charge in [-0.05, 0) is 56.9 Å². The summed E-state index contributed by atoms with van der Waals surface area (Å²) in [6, 6.07) is 0.576. The summed E-state index contributed by atoms with van der Waals surface area (Å²) >= 11 is 0. The number of piperidine rings is 1. The SMILES string of the molecule is COC1CCC2C(CN(C)C3C4CC5OCOC5CC4CC(OC)C23)C1OC. The monoisotopic (exact) mass is 395 g/mol. The summed E-state index contributed by atoms with van der Waals surface area (Å²) in [5.74, 6) is 3.12. The maximum atomic E-state index is 6.17. The highest BCUT2D eigenvalue weighted by Gasteiger charge is 2.59. The topological polar surface area (TPSA) is 49.4 Å². The van der Waals surface area contributed by atoms with E-state index in [0.717, 1.165) is 32.2 Å². The molecule has 11 unspecified atom stereocenters. The van der Waals surface area contributed by atoms with Gasteiger partial charge in [0.15, 0.2) is 0 Å². The van der Waals surface area contributed by atoms with Crippen molar-refractivity contribution in [3.05, 3.63) is 0 Å². The first-order valence-electron chi connectivity index (χ1n) is 11.2. The first-order valence-corrected chi connectivity index (χ1v) is 11.2. The van der Waals surface area contributed by atoms with Crippen LogP contribution in [0.1, 0.15) is 32.1 Å². The van der Waals surface area contributed by atoms with Gasteiger partial charge in [0.2, 0.25) is 0 Å². The van der Waals surface area contributed by atoms with E-state index in [0.29, 0.717) is 60.7 Å². The van der Waals surface area contributed by atoms with Crippen LogP contribution in [0, 0.1) is 29.6 Å². The van der Waals surface area contributed by atoms with E-state index in [1.165, 1.54) is 6.42 Å². The van der Waals surface area contributed by atoms with Crippen molar-refractivity contribution in [3.63, 3.8) is 0 Å². The largest absolute Gasteiger partial charge is 0.381 e. The predicted molar refractivity (Wildman–Crippen MR) is 104 cm³/mol. The molecule has 11 atom stereocenters. The first-order chi connectivity index (χ1) is 13.7. The fourth-order valence-corrected chi connectivity index (χ4v) is 7.86. The zero-order chi connectivity index (χ0) is 19.4. The quantitative estimate of drug-likeness (QED) is 0.730. The van der Waals surface area contributed by atoms with Crippen molar-refractivity contribution < 1.29 is 23.7 Å². The molecule has 0 aromatic carbocycles. The Labute approximate surface area is 169 Å². The summed E-state index contributed by atoms with van der Waals surface area (Å²) in [6.07, 6.45) is 7.08. The Hall–Kier alpha value is -0.240. The minimum Gasteiger partial charge on any atom is -0.381 e. The molecule has 0 N–H and O–H groups in total.